The van der Waals surface area contributed by atoms with Gasteiger partial charge in [-0.3, -0.25) is 14.5 Å². The summed E-state index contributed by atoms with van der Waals surface area (Å²) in [5.74, 6) is 2.69. The van der Waals surface area contributed by atoms with Gasteiger partial charge in [0.05, 0.1) is 33.5 Å². The molecule has 4 aromatic rings. The van der Waals surface area contributed by atoms with Crippen molar-refractivity contribution < 1.29 is 37.1 Å². The number of nitrogens with zero attached hydrogens (tertiary/aromatic N) is 6. The fourth-order valence-corrected chi connectivity index (χ4v) is 6.38. The number of benzene rings is 2. The van der Waals surface area contributed by atoms with E-state index in [1.54, 1.807) is 11.6 Å². The molecule has 0 unspecified atom stereocenters. The Bertz CT molecular complexity index is 2130. The van der Waals surface area contributed by atoms with E-state index in [0.29, 0.717) is 29.4 Å². The second-order valence-corrected chi connectivity index (χ2v) is 12.4. The van der Waals surface area contributed by atoms with Gasteiger partial charge in [0.15, 0.2) is 5.82 Å². The number of hydrogen-bond donors (Lipinski definition) is 3. The number of rotatable bonds is 6. The van der Waals surface area contributed by atoms with Crippen molar-refractivity contribution in [3.8, 4) is 23.2 Å². The van der Waals surface area contributed by atoms with Crippen molar-refractivity contribution in [1.82, 2.24) is 29.2 Å². The number of amides is 3. The molecule has 0 bridgehead atoms. The Morgan fingerprint density at radius 1 is 1.02 bits per heavy atom. The summed E-state index contributed by atoms with van der Waals surface area (Å²) in [7, 11) is 1.68. The summed E-state index contributed by atoms with van der Waals surface area (Å²) in [6.07, 6.45) is -4.47. The fourth-order valence-electron chi connectivity index (χ4n) is 6.38. The number of likely N-dealkylation sites (N-methyl/N-ethyl adjacent to an activating group) is 1. The fraction of sp³-hybridized carbons (Fsp3) is 0.306. The van der Waals surface area contributed by atoms with Crippen LogP contribution in [0.5, 0.6) is 0 Å². The molecule has 4 heterocycles. The number of halogens is 4. The molecule has 0 saturated carbocycles. The van der Waals surface area contributed by atoms with E-state index in [-0.39, 0.29) is 59.1 Å². The van der Waals surface area contributed by atoms with Crippen molar-refractivity contribution in [2.24, 2.45) is 7.05 Å². The van der Waals surface area contributed by atoms with E-state index < -0.39 is 41.0 Å². The Hall–Kier alpha value is -5.79. The molecule has 2 aliphatic rings. The second kappa shape index (κ2) is 14.4. The summed E-state index contributed by atoms with van der Waals surface area (Å²) in [5, 5.41) is 11.8. The summed E-state index contributed by atoms with van der Waals surface area (Å²) in [5.41, 5.74) is 5.82. The van der Waals surface area contributed by atoms with E-state index in [1.807, 2.05) is 11.8 Å². The van der Waals surface area contributed by atoms with Crippen LogP contribution >= 0.6 is 0 Å². The van der Waals surface area contributed by atoms with E-state index in [2.05, 4.69) is 32.0 Å². The van der Waals surface area contributed by atoms with Gasteiger partial charge in [0.1, 0.15) is 5.69 Å². The predicted molar refractivity (Wildman–Crippen MR) is 183 cm³/mol. The Kier molecular flexibility index (Phi) is 10.0. The largest absolute Gasteiger partial charge is 0.465 e. The van der Waals surface area contributed by atoms with Crippen LogP contribution in [0, 0.1) is 17.7 Å². The number of carbonyl (C=O) groups excluding carboxylic acids is 2. The topological polar surface area (TPSA) is 150 Å². The molecular weight excluding hydrogens is 684 g/mol. The molecule has 270 valence electrons. The third-order valence-electron chi connectivity index (χ3n) is 9.24. The molecule has 0 atom stereocenters. The first-order chi connectivity index (χ1) is 24.7. The average Bonchev–Trinajstić information content (AvgIpc) is 3.45. The van der Waals surface area contributed by atoms with Crippen molar-refractivity contribution in [3.63, 3.8) is 0 Å². The standard InChI is InChI=1S/C36H34F4N8O4/c1-3-46-13-15-47(16-14-46)20-23-9-10-24(17-27(23)36(38,39)40)43-32(49)25-6-4-5-21(30(25)37)7-8-22-19-42-34(41)44-31(22)29-18-26-28(45(29)2)11-12-48(33(26)50)35(51)52/h4-6,9-10,17-19H,3,11-16,20H2,1-2H3,(H,43,49)(H,51,52)(H2,41,42,44). The number of carboxylic acid groups (broad SMARTS) is 1. The number of hydrogen-bond acceptors (Lipinski definition) is 8. The number of anilines is 2. The van der Waals surface area contributed by atoms with Crippen molar-refractivity contribution in [1.29, 1.82) is 0 Å². The van der Waals surface area contributed by atoms with Gasteiger partial charge in [0, 0.05) is 70.3 Å². The van der Waals surface area contributed by atoms with Crippen molar-refractivity contribution in [2.75, 3.05) is 50.3 Å². The summed E-state index contributed by atoms with van der Waals surface area (Å²) >= 11 is 0. The zero-order valence-electron chi connectivity index (χ0n) is 28.2. The summed E-state index contributed by atoms with van der Waals surface area (Å²) in [6, 6.07) is 8.93. The highest BCUT2D eigenvalue weighted by Crippen LogP contribution is 2.35. The molecule has 1 fully saturated rings. The summed E-state index contributed by atoms with van der Waals surface area (Å²) in [4.78, 5) is 50.7. The molecule has 1 saturated heterocycles. The van der Waals surface area contributed by atoms with Gasteiger partial charge >= 0.3 is 12.3 Å². The highest BCUT2D eigenvalue weighted by molar-refractivity contribution is 6.05. The van der Waals surface area contributed by atoms with Gasteiger partial charge in [-0.15, -0.1) is 0 Å². The highest BCUT2D eigenvalue weighted by Gasteiger charge is 2.35. The van der Waals surface area contributed by atoms with Gasteiger partial charge in [-0.25, -0.2) is 24.1 Å². The van der Waals surface area contributed by atoms with Crippen LogP contribution < -0.4 is 11.1 Å². The first kappa shape index (κ1) is 36.0. The first-order valence-corrected chi connectivity index (χ1v) is 16.4. The molecule has 0 radical (unpaired) electrons. The lowest BCUT2D eigenvalue weighted by molar-refractivity contribution is -0.138. The van der Waals surface area contributed by atoms with Crippen molar-refractivity contribution >= 4 is 29.5 Å². The normalized spacial score (nSPS) is 15.2. The minimum absolute atomic E-state index is 0.0218. The van der Waals surface area contributed by atoms with Crippen LogP contribution in [-0.2, 0) is 26.2 Å². The number of imide groups is 1. The maximum absolute atomic E-state index is 15.7. The Morgan fingerprint density at radius 2 is 1.73 bits per heavy atom. The van der Waals surface area contributed by atoms with Crippen LogP contribution in [0.15, 0.2) is 48.7 Å². The Labute approximate surface area is 295 Å². The average molecular weight is 719 g/mol. The maximum atomic E-state index is 15.7. The number of nitrogens with two attached hydrogens (primary N) is 1. The minimum Gasteiger partial charge on any atom is -0.465 e. The van der Waals surface area contributed by atoms with E-state index in [1.165, 1.54) is 42.6 Å². The monoisotopic (exact) mass is 718 g/mol. The Morgan fingerprint density at radius 3 is 2.42 bits per heavy atom. The number of fused-ring (bicyclic) bond motifs is 1. The number of nitrogen functional groups attached to an aromatic ring is 1. The molecule has 2 aliphatic heterocycles. The highest BCUT2D eigenvalue weighted by atomic mass is 19.4. The molecule has 52 heavy (non-hydrogen) atoms. The number of piperazine rings is 1. The summed E-state index contributed by atoms with van der Waals surface area (Å²) < 4.78 is 59.8. The molecule has 2 aromatic heterocycles. The molecule has 4 N–H and O–H groups in total. The van der Waals surface area contributed by atoms with Gasteiger partial charge < -0.3 is 25.6 Å². The van der Waals surface area contributed by atoms with Crippen molar-refractivity contribution in [3.05, 3.63) is 93.6 Å². The van der Waals surface area contributed by atoms with Crippen LogP contribution in [0.1, 0.15) is 55.6 Å². The molecular formula is C36H34F4N8O4. The quantitative estimate of drug-likeness (QED) is 0.191. The molecule has 3 amide bonds. The van der Waals surface area contributed by atoms with Crippen LogP contribution in [0.2, 0.25) is 0 Å². The zero-order chi connectivity index (χ0) is 37.3. The van der Waals surface area contributed by atoms with Gasteiger partial charge in [0.2, 0.25) is 5.95 Å². The van der Waals surface area contributed by atoms with Gasteiger partial charge in [-0.05, 0) is 42.4 Å². The lowest BCUT2D eigenvalue weighted by atomic mass is 10.0. The third-order valence-corrected chi connectivity index (χ3v) is 9.24. The molecule has 12 nitrogen and oxygen atoms in total. The molecule has 0 spiro atoms. The Balaban J connectivity index is 1.25. The number of aromatic nitrogens is 3. The maximum Gasteiger partial charge on any atom is 0.416 e. The number of nitrogens with one attached hydrogen (secondary N) is 1. The van der Waals surface area contributed by atoms with Gasteiger partial charge in [-0.2, -0.15) is 13.2 Å². The van der Waals surface area contributed by atoms with Crippen LogP contribution in [0.4, 0.5) is 34.0 Å². The molecule has 2 aromatic carbocycles. The van der Waals surface area contributed by atoms with Gasteiger partial charge in [0.25, 0.3) is 11.8 Å². The van der Waals surface area contributed by atoms with E-state index in [9.17, 15) is 32.7 Å². The minimum atomic E-state index is -4.68. The predicted octanol–water partition coefficient (Wildman–Crippen LogP) is 4.69. The van der Waals surface area contributed by atoms with Crippen LogP contribution in [0.25, 0.3) is 11.4 Å². The van der Waals surface area contributed by atoms with E-state index in [0.717, 1.165) is 25.7 Å². The molecule has 16 heteroatoms. The van der Waals surface area contributed by atoms with Gasteiger partial charge in [-0.1, -0.05) is 30.9 Å². The lowest BCUT2D eigenvalue weighted by Gasteiger charge is -2.34. The zero-order valence-corrected chi connectivity index (χ0v) is 28.2. The van der Waals surface area contributed by atoms with E-state index >= 15 is 4.39 Å². The van der Waals surface area contributed by atoms with E-state index in [4.69, 9.17) is 5.73 Å². The molecule has 0 aliphatic carbocycles. The van der Waals surface area contributed by atoms with Crippen LogP contribution in [-0.4, -0.2) is 91.5 Å². The SMILES string of the molecule is CCN1CCN(Cc2ccc(NC(=O)c3cccc(C#Cc4cnc(N)nc4-c4cc5c(n4C)CCN(C(=O)O)C5=O)c3F)cc2C(F)(F)F)CC1. The first-order valence-electron chi connectivity index (χ1n) is 16.4. The van der Waals surface area contributed by atoms with Crippen molar-refractivity contribution in [2.45, 2.75) is 26.1 Å². The number of alkyl halides is 3. The number of carbonyl (C=O) groups is 3. The van der Waals surface area contributed by atoms with Crippen LogP contribution in [0.3, 0.4) is 0 Å². The second-order valence-electron chi connectivity index (χ2n) is 12.4. The molecule has 6 rings (SSSR count). The third kappa shape index (κ3) is 7.32. The summed E-state index contributed by atoms with van der Waals surface area (Å²) in [6.45, 7) is 5.80. The smallest absolute Gasteiger partial charge is 0.416 e. The lowest BCUT2D eigenvalue weighted by Crippen LogP contribution is -2.45.